The Balaban J connectivity index is 1.58. The Morgan fingerprint density at radius 1 is 1.06 bits per heavy atom. The van der Waals surface area contributed by atoms with Crippen molar-refractivity contribution < 1.29 is 9.47 Å². The van der Waals surface area contributed by atoms with Crippen LogP contribution in [-0.2, 0) is 9.47 Å². The lowest BCUT2D eigenvalue weighted by atomic mass is 9.63. The molecule has 2 heterocycles. The molecule has 0 aromatic heterocycles. The zero-order chi connectivity index (χ0) is 11.5. The van der Waals surface area contributed by atoms with E-state index >= 15 is 0 Å². The molecule has 2 bridgehead atoms. The second kappa shape index (κ2) is 3.46. The second-order valence-corrected chi connectivity index (χ2v) is 6.90. The summed E-state index contributed by atoms with van der Waals surface area (Å²) < 4.78 is 10.9. The first-order chi connectivity index (χ1) is 8.19. The molecule has 0 radical (unpaired) electrons. The van der Waals surface area contributed by atoms with Crippen molar-refractivity contribution in [2.45, 2.75) is 62.7 Å². The fraction of sp³-hybridized carbons (Fsp3) is 1.00. The summed E-state index contributed by atoms with van der Waals surface area (Å²) in [5.74, 6) is 0.971. The minimum Gasteiger partial charge on any atom is -0.373 e. The lowest BCUT2D eigenvalue weighted by Gasteiger charge is -2.45. The van der Waals surface area contributed by atoms with Gasteiger partial charge in [-0.25, -0.2) is 0 Å². The van der Waals surface area contributed by atoms with E-state index in [9.17, 15) is 0 Å². The summed E-state index contributed by atoms with van der Waals surface area (Å²) in [6.45, 7) is 1.87. The Labute approximate surface area is 103 Å². The number of epoxide rings is 2. The third-order valence-electron chi connectivity index (χ3n) is 5.79. The Morgan fingerprint density at radius 2 is 1.59 bits per heavy atom. The van der Waals surface area contributed by atoms with Crippen LogP contribution in [0.5, 0.6) is 0 Å². The first kappa shape index (κ1) is 10.8. The van der Waals surface area contributed by atoms with E-state index in [1.54, 1.807) is 0 Å². The molecular formula is C14H23NO2. The molecule has 2 saturated carbocycles. The first-order valence-corrected chi connectivity index (χ1v) is 7.21. The Kier molecular flexibility index (Phi) is 2.19. The highest BCUT2D eigenvalue weighted by atomic mass is 16.6. The lowest BCUT2D eigenvalue weighted by molar-refractivity contribution is 0.0898. The van der Waals surface area contributed by atoms with E-state index in [4.69, 9.17) is 15.2 Å². The van der Waals surface area contributed by atoms with Crippen LogP contribution in [0.15, 0.2) is 0 Å². The summed E-state index contributed by atoms with van der Waals surface area (Å²) >= 11 is 0. The van der Waals surface area contributed by atoms with E-state index in [-0.39, 0.29) is 5.54 Å². The molecule has 2 aliphatic carbocycles. The second-order valence-electron chi connectivity index (χ2n) is 6.90. The van der Waals surface area contributed by atoms with Crippen LogP contribution in [0, 0.1) is 11.3 Å². The fourth-order valence-electron chi connectivity index (χ4n) is 4.59. The minimum absolute atomic E-state index is 0.0133. The van der Waals surface area contributed by atoms with Gasteiger partial charge in [-0.3, -0.25) is 0 Å². The van der Waals surface area contributed by atoms with Crippen LogP contribution in [0.1, 0.15) is 44.9 Å². The highest BCUT2D eigenvalue weighted by Crippen LogP contribution is 2.61. The van der Waals surface area contributed by atoms with Gasteiger partial charge >= 0.3 is 0 Å². The molecule has 2 aliphatic heterocycles. The van der Waals surface area contributed by atoms with Gasteiger partial charge in [-0.1, -0.05) is 0 Å². The number of rotatable bonds is 5. The highest BCUT2D eigenvalue weighted by molar-refractivity contribution is 5.12. The summed E-state index contributed by atoms with van der Waals surface area (Å²) in [6, 6.07) is 0. The molecule has 0 aromatic carbocycles. The average molecular weight is 237 g/mol. The van der Waals surface area contributed by atoms with Crippen molar-refractivity contribution in [2.75, 3.05) is 13.2 Å². The number of hydrogen-bond acceptors (Lipinski definition) is 3. The molecule has 2 N–H and O–H groups in total. The van der Waals surface area contributed by atoms with Gasteiger partial charge in [0.25, 0.3) is 0 Å². The van der Waals surface area contributed by atoms with Gasteiger partial charge in [-0.2, -0.15) is 0 Å². The van der Waals surface area contributed by atoms with Gasteiger partial charge in [0.05, 0.1) is 25.4 Å². The number of ether oxygens (including phenoxy) is 2. The molecule has 0 aromatic rings. The van der Waals surface area contributed by atoms with Crippen molar-refractivity contribution in [1.29, 1.82) is 0 Å². The van der Waals surface area contributed by atoms with Crippen LogP contribution in [0.4, 0.5) is 0 Å². The topological polar surface area (TPSA) is 51.1 Å². The molecular weight excluding hydrogens is 214 g/mol. The number of nitrogens with two attached hydrogens (primary N) is 1. The highest BCUT2D eigenvalue weighted by Gasteiger charge is 2.58. The summed E-state index contributed by atoms with van der Waals surface area (Å²) in [5, 5.41) is 0. The van der Waals surface area contributed by atoms with Gasteiger partial charge in [-0.05, 0) is 56.3 Å². The third kappa shape index (κ3) is 1.74. The maximum atomic E-state index is 6.90. The summed E-state index contributed by atoms with van der Waals surface area (Å²) in [7, 11) is 0. The molecule has 3 heteroatoms. The Bertz CT molecular complexity index is 300. The van der Waals surface area contributed by atoms with E-state index in [1.807, 2.05) is 0 Å². The predicted octanol–water partition coefficient (Wildman–Crippen LogP) is 1.84. The molecule has 0 spiro atoms. The van der Waals surface area contributed by atoms with E-state index in [0.717, 1.165) is 32.0 Å². The van der Waals surface area contributed by atoms with Crippen molar-refractivity contribution in [3.8, 4) is 0 Å². The number of hydrogen-bond donors (Lipinski definition) is 1. The van der Waals surface area contributed by atoms with Crippen molar-refractivity contribution in [2.24, 2.45) is 17.1 Å². The summed E-state index contributed by atoms with van der Waals surface area (Å²) in [4.78, 5) is 0. The van der Waals surface area contributed by atoms with Gasteiger partial charge in [0, 0.05) is 5.54 Å². The zero-order valence-electron chi connectivity index (χ0n) is 10.5. The Morgan fingerprint density at radius 3 is 1.94 bits per heavy atom. The van der Waals surface area contributed by atoms with Gasteiger partial charge in [0.15, 0.2) is 0 Å². The van der Waals surface area contributed by atoms with Crippen molar-refractivity contribution in [3.05, 3.63) is 0 Å². The van der Waals surface area contributed by atoms with Crippen LogP contribution in [0.25, 0.3) is 0 Å². The molecule has 4 rings (SSSR count). The maximum absolute atomic E-state index is 6.90. The fourth-order valence-corrected chi connectivity index (χ4v) is 4.59. The third-order valence-corrected chi connectivity index (χ3v) is 5.79. The minimum atomic E-state index is -0.0133. The van der Waals surface area contributed by atoms with Crippen LogP contribution in [-0.4, -0.2) is 31.0 Å². The lowest BCUT2D eigenvalue weighted by Crippen LogP contribution is -2.55. The quantitative estimate of drug-likeness (QED) is 0.742. The van der Waals surface area contributed by atoms with Crippen LogP contribution in [0.3, 0.4) is 0 Å². The maximum Gasteiger partial charge on any atom is 0.0827 e. The molecule has 0 amide bonds. The van der Waals surface area contributed by atoms with Crippen molar-refractivity contribution in [1.82, 2.24) is 0 Å². The molecule has 2 unspecified atom stereocenters. The van der Waals surface area contributed by atoms with Gasteiger partial charge in [0.2, 0.25) is 0 Å². The van der Waals surface area contributed by atoms with Crippen LogP contribution in [0.2, 0.25) is 0 Å². The SMILES string of the molecule is NC(CC1CO1)(CC1CO1)C12CCC(CC1)C2. The summed E-state index contributed by atoms with van der Waals surface area (Å²) in [6.07, 6.45) is 9.95. The van der Waals surface area contributed by atoms with E-state index < -0.39 is 0 Å². The average Bonchev–Trinajstić information content (AvgIpc) is 3.22. The zero-order valence-corrected chi connectivity index (χ0v) is 10.5. The number of fused-ring (bicyclic) bond motifs is 2. The van der Waals surface area contributed by atoms with Gasteiger partial charge in [-0.15, -0.1) is 0 Å². The monoisotopic (exact) mass is 237 g/mol. The van der Waals surface area contributed by atoms with Crippen molar-refractivity contribution >= 4 is 0 Å². The largest absolute Gasteiger partial charge is 0.373 e. The molecule has 2 atom stereocenters. The van der Waals surface area contributed by atoms with E-state index in [1.165, 1.54) is 32.1 Å². The van der Waals surface area contributed by atoms with Crippen LogP contribution < -0.4 is 5.73 Å². The molecule has 2 saturated heterocycles. The summed E-state index contributed by atoms with van der Waals surface area (Å²) in [5.41, 5.74) is 7.31. The molecule has 4 aliphatic rings. The molecule has 3 nitrogen and oxygen atoms in total. The first-order valence-electron chi connectivity index (χ1n) is 7.21. The smallest absolute Gasteiger partial charge is 0.0827 e. The Hall–Kier alpha value is -0.120. The predicted molar refractivity (Wildman–Crippen MR) is 64.6 cm³/mol. The standard InChI is InChI=1S/C14H23NO2/c15-14(6-11-8-16-11,7-12-9-17-12)13-3-1-10(5-13)2-4-13/h10-12H,1-9,15H2. The normalized spacial score (nSPS) is 50.3. The van der Waals surface area contributed by atoms with Crippen LogP contribution >= 0.6 is 0 Å². The van der Waals surface area contributed by atoms with Gasteiger partial charge < -0.3 is 15.2 Å². The van der Waals surface area contributed by atoms with Crippen molar-refractivity contribution in [3.63, 3.8) is 0 Å². The van der Waals surface area contributed by atoms with E-state index in [2.05, 4.69) is 0 Å². The van der Waals surface area contributed by atoms with Gasteiger partial charge in [0.1, 0.15) is 0 Å². The molecule has 17 heavy (non-hydrogen) atoms. The molecule has 4 fully saturated rings. The molecule has 96 valence electrons. The van der Waals surface area contributed by atoms with E-state index in [0.29, 0.717) is 17.6 Å².